The minimum absolute atomic E-state index is 0.00844. The van der Waals surface area contributed by atoms with Crippen LogP contribution < -0.4 is 10.0 Å². The number of benzene rings is 2. The van der Waals surface area contributed by atoms with Crippen molar-refractivity contribution in [1.29, 1.82) is 0 Å². The standard InChI is InChI=1S/C20H23FN2O3S/c1-14-12-17(21)7-9-19(14)23-20(24)10-11-22-27(25,26)18-8-6-15-4-2-3-5-16(15)13-18/h6-9,12-13,22H,2-5,10-11H2,1H3,(H,23,24). The van der Waals surface area contributed by atoms with Gasteiger partial charge in [-0.2, -0.15) is 0 Å². The van der Waals surface area contributed by atoms with E-state index in [1.807, 2.05) is 6.07 Å². The fraction of sp³-hybridized carbons (Fsp3) is 0.350. The van der Waals surface area contributed by atoms with E-state index in [1.165, 1.54) is 23.8 Å². The van der Waals surface area contributed by atoms with E-state index in [2.05, 4.69) is 10.0 Å². The molecule has 2 N–H and O–H groups in total. The van der Waals surface area contributed by atoms with Gasteiger partial charge in [0.15, 0.2) is 0 Å². The summed E-state index contributed by atoms with van der Waals surface area (Å²) >= 11 is 0. The van der Waals surface area contributed by atoms with E-state index in [0.29, 0.717) is 11.3 Å². The highest BCUT2D eigenvalue weighted by Gasteiger charge is 2.18. The SMILES string of the molecule is Cc1cc(F)ccc1NC(=O)CCNS(=O)(=O)c1ccc2c(c1)CCCC2. The number of hydrogen-bond donors (Lipinski definition) is 2. The largest absolute Gasteiger partial charge is 0.326 e. The quantitative estimate of drug-likeness (QED) is 0.795. The molecule has 0 aromatic heterocycles. The lowest BCUT2D eigenvalue weighted by Gasteiger charge is -2.16. The van der Waals surface area contributed by atoms with Gasteiger partial charge < -0.3 is 5.32 Å². The van der Waals surface area contributed by atoms with Crippen molar-refractivity contribution in [2.24, 2.45) is 0 Å². The Kier molecular flexibility index (Phi) is 5.92. The van der Waals surface area contributed by atoms with Gasteiger partial charge in [0.25, 0.3) is 0 Å². The van der Waals surface area contributed by atoms with Crippen LogP contribution in [0.4, 0.5) is 10.1 Å². The number of aryl methyl sites for hydroxylation is 3. The van der Waals surface area contributed by atoms with Gasteiger partial charge in [-0.25, -0.2) is 17.5 Å². The number of hydrogen-bond acceptors (Lipinski definition) is 3. The molecule has 27 heavy (non-hydrogen) atoms. The normalized spacial score (nSPS) is 13.9. The van der Waals surface area contributed by atoms with Crippen molar-refractivity contribution in [3.8, 4) is 0 Å². The van der Waals surface area contributed by atoms with Gasteiger partial charge >= 0.3 is 0 Å². The average Bonchev–Trinajstić information content (AvgIpc) is 2.63. The van der Waals surface area contributed by atoms with E-state index in [9.17, 15) is 17.6 Å². The molecule has 1 aliphatic rings. The number of sulfonamides is 1. The van der Waals surface area contributed by atoms with Crippen molar-refractivity contribution in [2.75, 3.05) is 11.9 Å². The first-order chi connectivity index (χ1) is 12.8. The second kappa shape index (κ2) is 8.19. The molecule has 1 amide bonds. The molecule has 0 fully saturated rings. The van der Waals surface area contributed by atoms with Crippen molar-refractivity contribution in [1.82, 2.24) is 4.72 Å². The molecular formula is C20H23FN2O3S. The van der Waals surface area contributed by atoms with Gasteiger partial charge in [-0.05, 0) is 79.6 Å². The second-order valence-corrected chi connectivity index (χ2v) is 8.56. The van der Waals surface area contributed by atoms with Crippen molar-refractivity contribution in [2.45, 2.75) is 43.9 Å². The zero-order valence-corrected chi connectivity index (χ0v) is 16.0. The van der Waals surface area contributed by atoms with Crippen LogP contribution in [0.3, 0.4) is 0 Å². The maximum atomic E-state index is 13.1. The summed E-state index contributed by atoms with van der Waals surface area (Å²) in [5, 5.41) is 2.66. The van der Waals surface area contributed by atoms with Crippen LogP contribution in [0.2, 0.25) is 0 Å². The molecule has 7 heteroatoms. The first-order valence-electron chi connectivity index (χ1n) is 9.02. The fourth-order valence-corrected chi connectivity index (χ4v) is 4.32. The summed E-state index contributed by atoms with van der Waals surface area (Å²) in [7, 11) is -3.66. The second-order valence-electron chi connectivity index (χ2n) is 6.79. The number of anilines is 1. The molecule has 0 unspecified atom stereocenters. The monoisotopic (exact) mass is 390 g/mol. The Hall–Kier alpha value is -2.25. The summed E-state index contributed by atoms with van der Waals surface area (Å²) in [6.45, 7) is 1.68. The van der Waals surface area contributed by atoms with Gasteiger partial charge in [0.05, 0.1) is 4.90 Å². The van der Waals surface area contributed by atoms with E-state index >= 15 is 0 Å². The van der Waals surface area contributed by atoms with E-state index in [0.717, 1.165) is 31.2 Å². The number of amides is 1. The summed E-state index contributed by atoms with van der Waals surface area (Å²) in [4.78, 5) is 12.3. The maximum Gasteiger partial charge on any atom is 0.240 e. The van der Waals surface area contributed by atoms with E-state index in [-0.39, 0.29) is 29.6 Å². The maximum absolute atomic E-state index is 13.1. The smallest absolute Gasteiger partial charge is 0.240 e. The first kappa shape index (κ1) is 19.5. The molecule has 3 rings (SSSR count). The Bertz CT molecular complexity index is 958. The topological polar surface area (TPSA) is 75.3 Å². The summed E-state index contributed by atoms with van der Waals surface area (Å²) in [5.74, 6) is -0.707. The molecule has 0 aliphatic heterocycles. The van der Waals surface area contributed by atoms with Gasteiger partial charge in [-0.1, -0.05) is 6.07 Å². The Labute approximate surface area is 159 Å². The van der Waals surface area contributed by atoms with Crippen molar-refractivity contribution in [3.05, 3.63) is 58.9 Å². The van der Waals surface area contributed by atoms with Gasteiger partial charge in [0.1, 0.15) is 5.82 Å². The third-order valence-corrected chi connectivity index (χ3v) is 6.20. The van der Waals surface area contributed by atoms with E-state index in [1.54, 1.807) is 19.1 Å². The van der Waals surface area contributed by atoms with Crippen LogP contribution in [0.1, 0.15) is 36.0 Å². The zero-order valence-electron chi connectivity index (χ0n) is 15.2. The predicted molar refractivity (Wildman–Crippen MR) is 103 cm³/mol. The molecule has 0 saturated carbocycles. The van der Waals surface area contributed by atoms with Crippen molar-refractivity contribution in [3.63, 3.8) is 0 Å². The van der Waals surface area contributed by atoms with E-state index < -0.39 is 10.0 Å². The van der Waals surface area contributed by atoms with Crippen LogP contribution in [0, 0.1) is 12.7 Å². The first-order valence-corrected chi connectivity index (χ1v) is 10.5. The molecule has 0 atom stereocenters. The van der Waals surface area contributed by atoms with Gasteiger partial charge in [0, 0.05) is 18.7 Å². The number of nitrogens with one attached hydrogen (secondary N) is 2. The zero-order chi connectivity index (χ0) is 19.4. The fourth-order valence-electron chi connectivity index (χ4n) is 3.24. The minimum atomic E-state index is -3.66. The van der Waals surface area contributed by atoms with Gasteiger partial charge in [-0.3, -0.25) is 4.79 Å². The minimum Gasteiger partial charge on any atom is -0.326 e. The molecule has 0 saturated heterocycles. The summed E-state index contributed by atoms with van der Waals surface area (Å²) in [5.41, 5.74) is 3.43. The van der Waals surface area contributed by atoms with E-state index in [4.69, 9.17) is 0 Å². The Morgan fingerprint density at radius 2 is 1.81 bits per heavy atom. The van der Waals surface area contributed by atoms with Gasteiger partial charge in [0.2, 0.25) is 15.9 Å². The highest BCUT2D eigenvalue weighted by atomic mass is 32.2. The lowest BCUT2D eigenvalue weighted by Crippen LogP contribution is -2.28. The van der Waals surface area contributed by atoms with Crippen LogP contribution in [-0.2, 0) is 27.7 Å². The lowest BCUT2D eigenvalue weighted by atomic mass is 9.92. The number of rotatable bonds is 6. The molecular weight excluding hydrogens is 367 g/mol. The Balaban J connectivity index is 1.56. The van der Waals surface area contributed by atoms with Gasteiger partial charge in [-0.15, -0.1) is 0 Å². The van der Waals surface area contributed by atoms with Crippen molar-refractivity contribution >= 4 is 21.6 Å². The molecule has 5 nitrogen and oxygen atoms in total. The van der Waals surface area contributed by atoms with Crippen LogP contribution in [-0.4, -0.2) is 20.9 Å². The molecule has 0 spiro atoms. The Morgan fingerprint density at radius 3 is 2.56 bits per heavy atom. The molecule has 0 bridgehead atoms. The summed E-state index contributed by atoms with van der Waals surface area (Å²) in [6, 6.07) is 9.32. The summed E-state index contributed by atoms with van der Waals surface area (Å²) in [6.07, 6.45) is 4.10. The summed E-state index contributed by atoms with van der Waals surface area (Å²) < 4.78 is 40.5. The number of halogens is 1. The number of fused-ring (bicyclic) bond motifs is 1. The third-order valence-electron chi connectivity index (χ3n) is 4.74. The lowest BCUT2D eigenvalue weighted by molar-refractivity contribution is -0.116. The van der Waals surface area contributed by atoms with Crippen LogP contribution >= 0.6 is 0 Å². The molecule has 0 radical (unpaired) electrons. The average molecular weight is 390 g/mol. The third kappa shape index (κ3) is 4.93. The molecule has 0 heterocycles. The highest BCUT2D eigenvalue weighted by Crippen LogP contribution is 2.24. The van der Waals surface area contributed by atoms with Crippen molar-refractivity contribution < 1.29 is 17.6 Å². The Morgan fingerprint density at radius 1 is 1.07 bits per heavy atom. The van der Waals surface area contributed by atoms with Crippen LogP contribution in [0.25, 0.3) is 0 Å². The van der Waals surface area contributed by atoms with Crippen LogP contribution in [0.5, 0.6) is 0 Å². The molecule has 1 aliphatic carbocycles. The predicted octanol–water partition coefficient (Wildman–Crippen LogP) is 3.32. The molecule has 2 aromatic rings. The number of carbonyl (C=O) groups is 1. The van der Waals surface area contributed by atoms with Crippen LogP contribution in [0.15, 0.2) is 41.3 Å². The number of carbonyl (C=O) groups excluding carboxylic acids is 1. The highest BCUT2D eigenvalue weighted by molar-refractivity contribution is 7.89. The molecule has 2 aromatic carbocycles. The molecule has 144 valence electrons.